The van der Waals surface area contributed by atoms with Crippen LogP contribution < -0.4 is 5.32 Å². The molecule has 2 heterocycles. The molecule has 126 valence electrons. The molecule has 0 aromatic heterocycles. The number of nitrogens with one attached hydrogen (secondary N) is 1. The zero-order valence-electron chi connectivity index (χ0n) is 14.4. The summed E-state index contributed by atoms with van der Waals surface area (Å²) < 4.78 is 11.2. The van der Waals surface area contributed by atoms with Gasteiger partial charge in [0.1, 0.15) is 5.60 Å². The normalized spacial score (nSPS) is 26.0. The molecule has 0 bridgehead atoms. The lowest BCUT2D eigenvalue weighted by Gasteiger charge is -2.29. The van der Waals surface area contributed by atoms with Crippen molar-refractivity contribution in [1.82, 2.24) is 10.2 Å². The van der Waals surface area contributed by atoms with Crippen LogP contribution in [0.1, 0.15) is 47.0 Å². The summed E-state index contributed by atoms with van der Waals surface area (Å²) in [5, 5.41) is 3.47. The fourth-order valence-corrected chi connectivity index (χ4v) is 2.79. The van der Waals surface area contributed by atoms with Gasteiger partial charge in [-0.1, -0.05) is 11.6 Å². The molecule has 2 unspecified atom stereocenters. The van der Waals surface area contributed by atoms with E-state index in [2.05, 4.69) is 18.3 Å². The SMILES string of the molecule is CC1CCC(CNCC2=CCN(C(=O)OC(C)(C)C)CC2)O1. The third-order valence-electron chi connectivity index (χ3n) is 4.00. The van der Waals surface area contributed by atoms with Gasteiger partial charge in [-0.25, -0.2) is 4.79 Å². The van der Waals surface area contributed by atoms with Crippen LogP contribution in [0.5, 0.6) is 0 Å². The van der Waals surface area contributed by atoms with Crippen molar-refractivity contribution in [1.29, 1.82) is 0 Å². The van der Waals surface area contributed by atoms with Gasteiger partial charge in [-0.2, -0.15) is 0 Å². The second-order valence-electron chi connectivity index (χ2n) is 7.32. The van der Waals surface area contributed by atoms with Gasteiger partial charge < -0.3 is 19.7 Å². The first-order chi connectivity index (χ1) is 10.3. The molecule has 22 heavy (non-hydrogen) atoms. The van der Waals surface area contributed by atoms with Crippen molar-refractivity contribution in [3.05, 3.63) is 11.6 Å². The van der Waals surface area contributed by atoms with Crippen LogP contribution in [0.15, 0.2) is 11.6 Å². The number of hydrogen-bond acceptors (Lipinski definition) is 4. The van der Waals surface area contributed by atoms with Gasteiger partial charge in [0.25, 0.3) is 0 Å². The van der Waals surface area contributed by atoms with E-state index in [1.807, 2.05) is 20.8 Å². The number of carbonyl (C=O) groups excluding carboxylic acids is 1. The molecule has 1 N–H and O–H groups in total. The number of ether oxygens (including phenoxy) is 2. The van der Waals surface area contributed by atoms with E-state index in [9.17, 15) is 4.79 Å². The van der Waals surface area contributed by atoms with Crippen molar-refractivity contribution in [2.75, 3.05) is 26.2 Å². The first-order valence-corrected chi connectivity index (χ1v) is 8.35. The van der Waals surface area contributed by atoms with Crippen molar-refractivity contribution >= 4 is 6.09 Å². The molecule has 1 saturated heterocycles. The van der Waals surface area contributed by atoms with Crippen molar-refractivity contribution in [3.8, 4) is 0 Å². The monoisotopic (exact) mass is 310 g/mol. The van der Waals surface area contributed by atoms with Crippen LogP contribution in [0.25, 0.3) is 0 Å². The highest BCUT2D eigenvalue weighted by molar-refractivity contribution is 5.68. The maximum absolute atomic E-state index is 12.0. The number of rotatable bonds is 4. The molecule has 1 amide bonds. The lowest BCUT2D eigenvalue weighted by atomic mass is 10.1. The van der Waals surface area contributed by atoms with Gasteiger partial charge in [-0.05, 0) is 47.0 Å². The van der Waals surface area contributed by atoms with E-state index in [1.54, 1.807) is 4.90 Å². The summed E-state index contributed by atoms with van der Waals surface area (Å²) in [6.45, 7) is 11.0. The minimum atomic E-state index is -0.430. The average molecular weight is 310 g/mol. The van der Waals surface area contributed by atoms with Crippen LogP contribution in [0.4, 0.5) is 4.79 Å². The van der Waals surface area contributed by atoms with Crippen LogP contribution in [-0.2, 0) is 9.47 Å². The smallest absolute Gasteiger partial charge is 0.410 e. The fourth-order valence-electron chi connectivity index (χ4n) is 2.79. The standard InChI is InChI=1S/C17H30N2O3/c1-13-5-6-15(21-13)12-18-11-14-7-9-19(10-8-14)16(20)22-17(2,3)4/h7,13,15,18H,5-6,8-12H2,1-4H3. The zero-order chi connectivity index (χ0) is 16.2. The second-order valence-corrected chi connectivity index (χ2v) is 7.32. The molecule has 5 heteroatoms. The summed E-state index contributed by atoms with van der Waals surface area (Å²) in [5.41, 5.74) is 0.937. The van der Waals surface area contributed by atoms with E-state index in [0.717, 1.165) is 32.5 Å². The predicted molar refractivity (Wildman–Crippen MR) is 86.9 cm³/mol. The van der Waals surface area contributed by atoms with Gasteiger partial charge in [0, 0.05) is 26.2 Å². The summed E-state index contributed by atoms with van der Waals surface area (Å²) >= 11 is 0. The Bertz CT molecular complexity index is 415. The van der Waals surface area contributed by atoms with Gasteiger partial charge in [-0.3, -0.25) is 0 Å². The molecular formula is C17H30N2O3. The Labute approximate surface area is 134 Å². The predicted octanol–water partition coefficient (Wildman–Crippen LogP) is 2.71. The minimum Gasteiger partial charge on any atom is -0.444 e. The first kappa shape index (κ1) is 17.3. The molecule has 2 atom stereocenters. The lowest BCUT2D eigenvalue weighted by molar-refractivity contribution is 0.0265. The van der Waals surface area contributed by atoms with Gasteiger partial charge in [0.05, 0.1) is 12.2 Å². The highest BCUT2D eigenvalue weighted by Crippen LogP contribution is 2.18. The van der Waals surface area contributed by atoms with Crippen LogP contribution in [0, 0.1) is 0 Å². The Morgan fingerprint density at radius 2 is 2.23 bits per heavy atom. The van der Waals surface area contributed by atoms with Crippen LogP contribution in [-0.4, -0.2) is 55.0 Å². The van der Waals surface area contributed by atoms with E-state index >= 15 is 0 Å². The highest BCUT2D eigenvalue weighted by atomic mass is 16.6. The average Bonchev–Trinajstić information content (AvgIpc) is 2.83. The number of hydrogen-bond donors (Lipinski definition) is 1. The Balaban J connectivity index is 1.67. The maximum Gasteiger partial charge on any atom is 0.410 e. The summed E-state index contributed by atoms with van der Waals surface area (Å²) in [5.74, 6) is 0. The largest absolute Gasteiger partial charge is 0.444 e. The zero-order valence-corrected chi connectivity index (χ0v) is 14.4. The van der Waals surface area contributed by atoms with Crippen molar-refractivity contribution in [2.45, 2.75) is 64.8 Å². The van der Waals surface area contributed by atoms with E-state index < -0.39 is 5.60 Å². The molecule has 0 aliphatic carbocycles. The number of amides is 1. The Kier molecular flexibility index (Phi) is 5.87. The molecule has 0 aromatic carbocycles. The molecule has 5 nitrogen and oxygen atoms in total. The third-order valence-corrected chi connectivity index (χ3v) is 4.00. The van der Waals surface area contributed by atoms with Crippen LogP contribution in [0.3, 0.4) is 0 Å². The van der Waals surface area contributed by atoms with E-state index in [0.29, 0.717) is 18.8 Å². The van der Waals surface area contributed by atoms with E-state index in [4.69, 9.17) is 9.47 Å². The molecule has 0 radical (unpaired) electrons. The van der Waals surface area contributed by atoms with E-state index in [1.165, 1.54) is 12.0 Å². The van der Waals surface area contributed by atoms with Crippen molar-refractivity contribution in [3.63, 3.8) is 0 Å². The minimum absolute atomic E-state index is 0.218. The number of nitrogens with zero attached hydrogens (tertiary/aromatic N) is 1. The highest BCUT2D eigenvalue weighted by Gasteiger charge is 2.24. The molecular weight excluding hydrogens is 280 g/mol. The third kappa shape index (κ3) is 5.61. The van der Waals surface area contributed by atoms with Crippen LogP contribution in [0.2, 0.25) is 0 Å². The van der Waals surface area contributed by atoms with Gasteiger partial charge in [0.2, 0.25) is 0 Å². The molecule has 0 aromatic rings. The summed E-state index contributed by atoms with van der Waals surface area (Å²) in [7, 11) is 0. The van der Waals surface area contributed by atoms with Crippen molar-refractivity contribution < 1.29 is 14.3 Å². The summed E-state index contributed by atoms with van der Waals surface area (Å²) in [6.07, 6.45) is 5.91. The maximum atomic E-state index is 12.0. The fraction of sp³-hybridized carbons (Fsp3) is 0.824. The molecule has 0 spiro atoms. The Morgan fingerprint density at radius 1 is 1.45 bits per heavy atom. The lowest BCUT2D eigenvalue weighted by Crippen LogP contribution is -2.40. The van der Waals surface area contributed by atoms with Gasteiger partial charge in [-0.15, -0.1) is 0 Å². The molecule has 2 aliphatic heterocycles. The first-order valence-electron chi connectivity index (χ1n) is 8.35. The van der Waals surface area contributed by atoms with Gasteiger partial charge in [0.15, 0.2) is 0 Å². The van der Waals surface area contributed by atoms with Crippen molar-refractivity contribution in [2.24, 2.45) is 0 Å². The Hall–Kier alpha value is -1.07. The molecule has 0 saturated carbocycles. The summed E-state index contributed by atoms with van der Waals surface area (Å²) in [4.78, 5) is 13.7. The molecule has 1 fully saturated rings. The van der Waals surface area contributed by atoms with Gasteiger partial charge >= 0.3 is 6.09 Å². The quantitative estimate of drug-likeness (QED) is 0.811. The molecule has 2 rings (SSSR count). The second kappa shape index (κ2) is 7.47. The molecule has 2 aliphatic rings. The van der Waals surface area contributed by atoms with Crippen LogP contribution >= 0.6 is 0 Å². The summed E-state index contributed by atoms with van der Waals surface area (Å²) in [6, 6.07) is 0. The topological polar surface area (TPSA) is 50.8 Å². The van der Waals surface area contributed by atoms with E-state index in [-0.39, 0.29) is 6.09 Å². The number of carbonyl (C=O) groups is 1. The Morgan fingerprint density at radius 3 is 2.77 bits per heavy atom.